The van der Waals surface area contributed by atoms with Crippen molar-refractivity contribution in [3.63, 3.8) is 0 Å². The lowest BCUT2D eigenvalue weighted by molar-refractivity contribution is -0.128. The Morgan fingerprint density at radius 1 is 1.16 bits per heavy atom. The number of benzene rings is 2. The van der Waals surface area contributed by atoms with E-state index in [-0.39, 0.29) is 71.0 Å². The Labute approximate surface area is 257 Å². The first-order valence-corrected chi connectivity index (χ1v) is 16.3. The van der Waals surface area contributed by atoms with Gasteiger partial charge >= 0.3 is 5.69 Å². The van der Waals surface area contributed by atoms with Gasteiger partial charge in [0.1, 0.15) is 29.2 Å². The molecule has 1 aromatic heterocycles. The van der Waals surface area contributed by atoms with E-state index in [4.69, 9.17) is 16.3 Å². The van der Waals surface area contributed by atoms with E-state index in [1.807, 2.05) is 23.6 Å². The number of hydrogen-bond acceptors (Lipinski definition) is 8. The van der Waals surface area contributed by atoms with Crippen molar-refractivity contribution in [3.05, 3.63) is 70.3 Å². The fourth-order valence-corrected chi connectivity index (χ4v) is 7.69. The first-order chi connectivity index (χ1) is 20.9. The summed E-state index contributed by atoms with van der Waals surface area (Å²) in [5.41, 5.74) is 0.230. The third-order valence-corrected chi connectivity index (χ3v) is 10.3. The molecule has 44 heavy (non-hydrogen) atoms. The van der Waals surface area contributed by atoms with Gasteiger partial charge in [0.05, 0.1) is 22.2 Å². The molecule has 232 valence electrons. The SMILES string of the molecule is C=CC(=O)N1C[C@H](C)N(c2nc(=O)n3c4c(c(-c5ccc(F)cc5F)c(Cl)cc24)OC=C3CN2CCS(=O)(=O)CC2)C[C@H]1C. The van der Waals surface area contributed by atoms with Crippen LogP contribution in [-0.2, 0) is 14.6 Å². The number of aromatic nitrogens is 2. The summed E-state index contributed by atoms with van der Waals surface area (Å²) in [5.74, 6) is -1.39. The van der Waals surface area contributed by atoms with Crippen LogP contribution in [0.3, 0.4) is 0 Å². The summed E-state index contributed by atoms with van der Waals surface area (Å²) in [6.45, 7) is 8.88. The smallest absolute Gasteiger partial charge is 0.354 e. The number of nitrogens with zero attached hydrogens (tertiary/aromatic N) is 5. The number of carbonyl (C=O) groups is 1. The quantitative estimate of drug-likeness (QED) is 0.388. The number of piperazine rings is 1. The molecule has 2 atom stereocenters. The van der Waals surface area contributed by atoms with Gasteiger partial charge in [-0.05, 0) is 38.1 Å². The Balaban J connectivity index is 1.53. The molecule has 0 spiro atoms. The van der Waals surface area contributed by atoms with Crippen molar-refractivity contribution >= 4 is 49.8 Å². The van der Waals surface area contributed by atoms with Crippen molar-refractivity contribution < 1.29 is 26.7 Å². The van der Waals surface area contributed by atoms with Crippen molar-refractivity contribution in [3.8, 4) is 16.9 Å². The number of amides is 1. The van der Waals surface area contributed by atoms with E-state index in [0.29, 0.717) is 35.5 Å². The van der Waals surface area contributed by atoms with E-state index in [1.54, 1.807) is 11.0 Å². The van der Waals surface area contributed by atoms with Gasteiger partial charge in [-0.15, -0.1) is 0 Å². The molecular formula is C30H30ClF2N5O5S. The molecule has 3 aromatic rings. The van der Waals surface area contributed by atoms with Gasteiger partial charge in [-0.3, -0.25) is 14.3 Å². The fraction of sp³-hybridized carbons (Fsp3) is 0.367. The van der Waals surface area contributed by atoms with Gasteiger partial charge in [-0.25, -0.2) is 22.0 Å². The van der Waals surface area contributed by atoms with Crippen LogP contribution < -0.4 is 15.3 Å². The topological polar surface area (TPSA) is 105 Å². The van der Waals surface area contributed by atoms with Crippen LogP contribution in [0.1, 0.15) is 13.8 Å². The van der Waals surface area contributed by atoms with Crippen LogP contribution in [0.2, 0.25) is 5.02 Å². The lowest BCUT2D eigenvalue weighted by Crippen LogP contribution is -2.58. The largest absolute Gasteiger partial charge is 0.460 e. The second kappa shape index (κ2) is 11.3. The molecule has 0 unspecified atom stereocenters. The maximum absolute atomic E-state index is 15.1. The Morgan fingerprint density at radius 3 is 2.57 bits per heavy atom. The molecule has 0 saturated carbocycles. The molecule has 14 heteroatoms. The van der Waals surface area contributed by atoms with Gasteiger partial charge < -0.3 is 14.5 Å². The van der Waals surface area contributed by atoms with Crippen LogP contribution in [0.5, 0.6) is 5.75 Å². The summed E-state index contributed by atoms with van der Waals surface area (Å²) in [6.07, 6.45) is 2.63. The van der Waals surface area contributed by atoms with Gasteiger partial charge in [0.25, 0.3) is 0 Å². The van der Waals surface area contributed by atoms with Crippen molar-refractivity contribution in [1.29, 1.82) is 0 Å². The van der Waals surface area contributed by atoms with Crippen LogP contribution in [0.25, 0.3) is 27.7 Å². The second-order valence-electron chi connectivity index (χ2n) is 11.3. The first-order valence-electron chi connectivity index (χ1n) is 14.1. The highest BCUT2D eigenvalue weighted by Crippen LogP contribution is 2.47. The number of hydrogen-bond donors (Lipinski definition) is 0. The molecule has 4 heterocycles. The minimum Gasteiger partial charge on any atom is -0.460 e. The Bertz CT molecular complexity index is 1900. The number of sulfone groups is 1. The normalized spacial score (nSPS) is 21.6. The Kier molecular flexibility index (Phi) is 7.75. The molecule has 2 saturated heterocycles. The maximum atomic E-state index is 15.1. The molecule has 1 amide bonds. The summed E-state index contributed by atoms with van der Waals surface area (Å²) in [6, 6.07) is 4.23. The maximum Gasteiger partial charge on any atom is 0.354 e. The van der Waals surface area contributed by atoms with Crippen molar-refractivity contribution in [2.45, 2.75) is 25.9 Å². The second-order valence-corrected chi connectivity index (χ2v) is 14.0. The number of anilines is 1. The molecule has 6 rings (SSSR count). The number of halogens is 3. The van der Waals surface area contributed by atoms with E-state index in [0.717, 1.165) is 12.1 Å². The van der Waals surface area contributed by atoms with E-state index >= 15 is 4.39 Å². The average Bonchev–Trinajstić information content (AvgIpc) is 2.97. The molecule has 3 aliphatic heterocycles. The zero-order chi connectivity index (χ0) is 31.5. The zero-order valence-corrected chi connectivity index (χ0v) is 25.7. The highest BCUT2D eigenvalue weighted by molar-refractivity contribution is 7.91. The summed E-state index contributed by atoms with van der Waals surface area (Å²) >= 11 is 6.80. The molecule has 0 N–H and O–H groups in total. The Morgan fingerprint density at radius 2 is 1.89 bits per heavy atom. The molecule has 0 aliphatic carbocycles. The van der Waals surface area contributed by atoms with E-state index < -0.39 is 27.2 Å². The zero-order valence-electron chi connectivity index (χ0n) is 24.1. The number of rotatable bonds is 5. The Hall–Kier alpha value is -3.81. The highest BCUT2D eigenvalue weighted by Gasteiger charge is 2.35. The highest BCUT2D eigenvalue weighted by atomic mass is 35.5. The first kappa shape index (κ1) is 30.2. The van der Waals surface area contributed by atoms with Gasteiger partial charge in [0, 0.05) is 67.4 Å². The van der Waals surface area contributed by atoms with Gasteiger partial charge in [-0.1, -0.05) is 18.2 Å². The third-order valence-electron chi connectivity index (χ3n) is 8.40. The average molecular weight is 646 g/mol. The molecular weight excluding hydrogens is 616 g/mol. The molecule has 2 aromatic carbocycles. The van der Waals surface area contributed by atoms with Crippen LogP contribution in [0.15, 0.2) is 48.0 Å². The number of carbonyl (C=O) groups excluding carboxylic acids is 1. The molecule has 10 nitrogen and oxygen atoms in total. The van der Waals surface area contributed by atoms with Crippen LogP contribution in [0, 0.1) is 11.6 Å². The molecule has 0 bridgehead atoms. The van der Waals surface area contributed by atoms with Gasteiger partial charge in [0.2, 0.25) is 5.91 Å². The van der Waals surface area contributed by atoms with Crippen molar-refractivity contribution in [2.75, 3.05) is 49.1 Å². The lowest BCUT2D eigenvalue weighted by atomic mass is 9.99. The molecule has 3 aliphatic rings. The minimum absolute atomic E-state index is 0.000765. The summed E-state index contributed by atoms with van der Waals surface area (Å²) in [5, 5.41) is 0.566. The predicted octanol–water partition coefficient (Wildman–Crippen LogP) is 3.53. The van der Waals surface area contributed by atoms with Crippen molar-refractivity contribution in [2.24, 2.45) is 0 Å². The minimum atomic E-state index is -3.13. The van der Waals surface area contributed by atoms with E-state index in [2.05, 4.69) is 11.6 Å². The summed E-state index contributed by atoms with van der Waals surface area (Å²) < 4.78 is 60.5. The van der Waals surface area contributed by atoms with E-state index in [1.165, 1.54) is 23.0 Å². The van der Waals surface area contributed by atoms with Crippen molar-refractivity contribution in [1.82, 2.24) is 19.4 Å². The summed E-state index contributed by atoms with van der Waals surface area (Å²) in [4.78, 5) is 36.4. The van der Waals surface area contributed by atoms with Crippen LogP contribution in [-0.4, -0.2) is 90.0 Å². The standard InChI is InChI=1S/C30H30ClF2N5O5S/c1-4-25(39)36-13-18(3)37(14-17(36)2)29-22-12-23(31)26(21-6-5-19(32)11-24(21)33)28-27(22)38(30(40)34-29)20(16-43-28)15-35-7-9-44(41,42)10-8-35/h4-6,11-12,16-18H,1,7-10,13-15H2,2-3H3/t17-,18+/m1/s1. The number of ether oxygens (including phenoxy) is 1. The van der Waals surface area contributed by atoms with Gasteiger partial charge in [0.15, 0.2) is 15.6 Å². The van der Waals surface area contributed by atoms with Gasteiger partial charge in [-0.2, -0.15) is 4.98 Å². The molecule has 0 radical (unpaired) electrons. The molecule has 2 fully saturated rings. The fourth-order valence-electron chi connectivity index (χ4n) is 6.12. The van der Waals surface area contributed by atoms with E-state index in [9.17, 15) is 22.4 Å². The monoisotopic (exact) mass is 645 g/mol. The van der Waals surface area contributed by atoms with Crippen LogP contribution in [0.4, 0.5) is 14.6 Å². The predicted molar refractivity (Wildman–Crippen MR) is 165 cm³/mol. The summed E-state index contributed by atoms with van der Waals surface area (Å²) in [7, 11) is -3.13. The van der Waals surface area contributed by atoms with Crippen LogP contribution >= 0.6 is 11.6 Å². The third kappa shape index (κ3) is 5.26. The lowest BCUT2D eigenvalue weighted by Gasteiger charge is -2.44.